The molecule has 1 aromatic rings. The summed E-state index contributed by atoms with van der Waals surface area (Å²) in [5.74, 6) is 0.967. The zero-order chi connectivity index (χ0) is 9.80. The largest absolute Gasteiger partial charge is 1.00 e. The Morgan fingerprint density at radius 1 is 1.19 bits per heavy atom. The smallest absolute Gasteiger partial charge is 1.00 e. The van der Waals surface area contributed by atoms with E-state index in [-0.39, 0.29) is 27.7 Å². The van der Waals surface area contributed by atoms with Crippen molar-refractivity contribution < 1.29 is 32.4 Å². The van der Waals surface area contributed by atoms with Gasteiger partial charge in [-0.3, -0.25) is 0 Å². The van der Waals surface area contributed by atoms with Gasteiger partial charge in [-0.25, -0.2) is 0 Å². The average molecular weight is 265 g/mol. The van der Waals surface area contributed by atoms with E-state index in [1.165, 1.54) is 5.69 Å². The van der Waals surface area contributed by atoms with Gasteiger partial charge in [-0.15, -0.1) is 0 Å². The van der Waals surface area contributed by atoms with Crippen molar-refractivity contribution in [2.45, 2.75) is 0 Å². The highest BCUT2D eigenvalue weighted by Crippen LogP contribution is 2.27. The Balaban J connectivity index is -0.000000562. The van der Waals surface area contributed by atoms with Crippen molar-refractivity contribution in [2.24, 2.45) is 0 Å². The molecule has 1 saturated heterocycles. The van der Waals surface area contributed by atoms with Crippen molar-refractivity contribution in [3.63, 3.8) is 0 Å². The summed E-state index contributed by atoms with van der Waals surface area (Å²) in [6.07, 6.45) is 0. The van der Waals surface area contributed by atoms with Crippen LogP contribution in [0.5, 0.6) is 5.75 Å². The van der Waals surface area contributed by atoms with E-state index in [0.29, 0.717) is 0 Å². The lowest BCUT2D eigenvalue weighted by atomic mass is 10.2. The van der Waals surface area contributed by atoms with E-state index >= 15 is 0 Å². The number of anilines is 1. The third-order valence-electron chi connectivity index (χ3n) is 2.54. The monoisotopic (exact) mass is 264 g/mol. The number of methoxy groups -OCH3 is 1. The predicted molar refractivity (Wildman–Crippen MR) is 60.3 cm³/mol. The third-order valence-corrected chi connectivity index (χ3v) is 2.54. The van der Waals surface area contributed by atoms with Crippen LogP contribution in [0.2, 0.25) is 0 Å². The minimum atomic E-state index is 0. The van der Waals surface area contributed by atoms with Gasteiger partial charge in [-0.2, -0.15) is 0 Å². The van der Waals surface area contributed by atoms with E-state index in [1.807, 2.05) is 12.1 Å². The van der Waals surface area contributed by atoms with E-state index in [1.54, 1.807) is 7.11 Å². The van der Waals surface area contributed by atoms with Crippen molar-refractivity contribution in [1.29, 1.82) is 0 Å². The van der Waals surface area contributed by atoms with Crippen molar-refractivity contribution >= 4 is 5.69 Å². The Morgan fingerprint density at radius 2 is 1.81 bits per heavy atom. The van der Waals surface area contributed by atoms with E-state index in [4.69, 9.17) is 4.74 Å². The molecule has 2 rings (SSSR count). The van der Waals surface area contributed by atoms with Gasteiger partial charge in [0.1, 0.15) is 5.75 Å². The predicted octanol–water partition coefficient (Wildman–Crippen LogP) is -4.66. The Labute approximate surface area is 112 Å². The van der Waals surface area contributed by atoms with Crippen molar-refractivity contribution in [3.05, 3.63) is 24.3 Å². The summed E-state index contributed by atoms with van der Waals surface area (Å²) in [5.41, 5.74) is 1.21. The number of hydrogen-bond donors (Lipinski definition) is 1. The van der Waals surface area contributed by atoms with Crippen LogP contribution in [0.1, 0.15) is 2.85 Å². The van der Waals surface area contributed by atoms with Crippen molar-refractivity contribution in [2.75, 3.05) is 38.2 Å². The van der Waals surface area contributed by atoms with Crippen LogP contribution in [0.25, 0.3) is 0 Å². The summed E-state index contributed by atoms with van der Waals surface area (Å²) < 4.78 is 5.34. The molecule has 0 unspecified atom stereocenters. The first-order valence-corrected chi connectivity index (χ1v) is 5.00. The number of hydrogen-bond acceptors (Lipinski definition) is 3. The van der Waals surface area contributed by atoms with Gasteiger partial charge in [-0.05, 0) is 12.1 Å². The summed E-state index contributed by atoms with van der Waals surface area (Å²) in [6.45, 7) is 4.22. The molecular weight excluding hydrogens is 247 g/mol. The number of para-hydroxylation sites is 2. The molecule has 1 aromatic carbocycles. The number of halogens is 2. The molecule has 1 heterocycles. The maximum absolute atomic E-state index is 5.34. The highest BCUT2D eigenvalue weighted by Gasteiger charge is 2.13. The molecule has 0 saturated carbocycles. The molecule has 16 heavy (non-hydrogen) atoms. The summed E-state index contributed by atoms with van der Waals surface area (Å²) in [5, 5.41) is 3.34. The van der Waals surface area contributed by atoms with Crippen LogP contribution < -0.4 is 39.8 Å². The third kappa shape index (κ3) is 3.44. The van der Waals surface area contributed by atoms with Crippen LogP contribution in [-0.2, 0) is 0 Å². The van der Waals surface area contributed by atoms with Gasteiger partial charge in [0.2, 0.25) is 0 Å². The number of nitrogens with one attached hydrogen (secondary N) is 1. The summed E-state index contributed by atoms with van der Waals surface area (Å²) in [4.78, 5) is 2.36. The second-order valence-corrected chi connectivity index (χ2v) is 3.41. The van der Waals surface area contributed by atoms with Gasteiger partial charge in [-0.1, -0.05) is 12.1 Å². The molecule has 1 aliphatic rings. The molecule has 0 aromatic heterocycles. The highest BCUT2D eigenvalue weighted by atomic mass is 35.5. The number of benzene rings is 1. The highest BCUT2D eigenvalue weighted by molar-refractivity contribution is 5.58. The number of rotatable bonds is 2. The molecular formula is C11H18Cl2N2O. The first-order chi connectivity index (χ1) is 6.92. The van der Waals surface area contributed by atoms with Crippen LogP contribution in [-0.4, -0.2) is 33.3 Å². The molecule has 3 nitrogen and oxygen atoms in total. The van der Waals surface area contributed by atoms with E-state index < -0.39 is 0 Å². The van der Waals surface area contributed by atoms with Crippen molar-refractivity contribution in [3.8, 4) is 5.75 Å². The topological polar surface area (TPSA) is 24.5 Å². The lowest BCUT2D eigenvalue weighted by Crippen LogP contribution is -3.00. The average Bonchev–Trinajstić information content (AvgIpc) is 2.30. The zero-order valence-electron chi connectivity index (χ0n) is 11.2. The van der Waals surface area contributed by atoms with Gasteiger partial charge in [0.25, 0.3) is 0 Å². The van der Waals surface area contributed by atoms with E-state index in [2.05, 4.69) is 22.3 Å². The second-order valence-electron chi connectivity index (χ2n) is 3.41. The van der Waals surface area contributed by atoms with Gasteiger partial charge in [0.15, 0.2) is 0 Å². The number of piperazine rings is 1. The fourth-order valence-electron chi connectivity index (χ4n) is 1.80. The van der Waals surface area contributed by atoms with Crippen LogP contribution in [0.3, 0.4) is 0 Å². The van der Waals surface area contributed by atoms with Crippen LogP contribution in [0.15, 0.2) is 24.3 Å². The summed E-state index contributed by atoms with van der Waals surface area (Å²) in [7, 11) is 1.72. The molecule has 0 atom stereocenters. The minimum Gasteiger partial charge on any atom is -1.00 e. The number of nitrogens with zero attached hydrogens (tertiary/aromatic N) is 1. The van der Waals surface area contributed by atoms with Gasteiger partial charge < -0.3 is 39.8 Å². The molecule has 0 bridgehead atoms. The van der Waals surface area contributed by atoms with Gasteiger partial charge in [0.05, 0.1) is 12.8 Å². The SMILES string of the molecule is COc1ccccc1N1CCNCC1.[Cl-].[Cl-].[H+].[H+]. The summed E-state index contributed by atoms with van der Waals surface area (Å²) >= 11 is 0. The zero-order valence-corrected chi connectivity index (χ0v) is 10.8. The maximum Gasteiger partial charge on any atom is 1.00 e. The molecule has 1 aliphatic heterocycles. The maximum atomic E-state index is 5.34. The van der Waals surface area contributed by atoms with Gasteiger partial charge >= 0.3 is 2.85 Å². The molecule has 5 heteroatoms. The quantitative estimate of drug-likeness (QED) is 0.582. The number of ether oxygens (including phenoxy) is 1. The van der Waals surface area contributed by atoms with E-state index in [9.17, 15) is 0 Å². The fraction of sp³-hybridized carbons (Fsp3) is 0.455. The molecule has 1 fully saturated rings. The first-order valence-electron chi connectivity index (χ1n) is 5.00. The van der Waals surface area contributed by atoms with Crippen LogP contribution >= 0.6 is 0 Å². The lowest BCUT2D eigenvalue weighted by Gasteiger charge is -2.30. The van der Waals surface area contributed by atoms with Crippen molar-refractivity contribution in [1.82, 2.24) is 5.32 Å². The van der Waals surface area contributed by atoms with Crippen LogP contribution in [0.4, 0.5) is 5.69 Å². The minimum absolute atomic E-state index is 0. The van der Waals surface area contributed by atoms with Crippen LogP contribution in [0, 0.1) is 0 Å². The Bertz CT molecular complexity index is 313. The molecule has 0 aliphatic carbocycles. The van der Waals surface area contributed by atoms with E-state index in [0.717, 1.165) is 31.9 Å². The Hall–Kier alpha value is -0.640. The summed E-state index contributed by atoms with van der Waals surface area (Å²) in [6, 6.07) is 8.19. The fourth-order valence-corrected chi connectivity index (χ4v) is 1.80. The van der Waals surface area contributed by atoms with Gasteiger partial charge in [0, 0.05) is 26.2 Å². The molecule has 0 amide bonds. The molecule has 92 valence electrons. The normalized spacial score (nSPS) is 14.7. The Kier molecular flexibility index (Phi) is 7.30. The molecule has 0 radical (unpaired) electrons. The molecule has 0 spiro atoms. The first kappa shape index (κ1) is 15.4. The standard InChI is InChI=1S/C11H16N2O.2ClH/c1-14-11-5-3-2-4-10(11)13-8-6-12-7-9-13;;/h2-5,12H,6-9H2,1H3;2*1H. The second kappa shape index (κ2) is 7.60. The lowest BCUT2D eigenvalue weighted by molar-refractivity contribution is -0.001000. The Morgan fingerprint density at radius 3 is 2.44 bits per heavy atom. The molecule has 1 N–H and O–H groups in total.